The van der Waals surface area contributed by atoms with Crippen LogP contribution in [0.4, 0.5) is 0 Å². The van der Waals surface area contributed by atoms with Crippen molar-refractivity contribution in [2.24, 2.45) is 11.3 Å². The zero-order valence-corrected chi connectivity index (χ0v) is 13.6. The van der Waals surface area contributed by atoms with Gasteiger partial charge in [0.25, 0.3) is 0 Å². The fraction of sp³-hybridized carbons (Fsp3) is 1.00. The molecule has 0 spiro atoms. The zero-order chi connectivity index (χ0) is 14.2. The lowest BCUT2D eigenvalue weighted by molar-refractivity contribution is -0.0340. The highest BCUT2D eigenvalue weighted by atomic mass is 16.5. The lowest BCUT2D eigenvalue weighted by Crippen LogP contribution is -2.36. The molecular weight excluding hydrogens is 224 g/mol. The van der Waals surface area contributed by atoms with Gasteiger partial charge in [0.05, 0.1) is 12.2 Å². The number of ether oxygens (including phenoxy) is 2. The Bertz CT molecular complexity index is 205. The zero-order valence-electron chi connectivity index (χ0n) is 13.6. The summed E-state index contributed by atoms with van der Waals surface area (Å²) in [5.41, 5.74) is 0.250. The van der Waals surface area contributed by atoms with Crippen molar-refractivity contribution in [1.82, 2.24) is 0 Å². The van der Waals surface area contributed by atoms with Gasteiger partial charge in [0.15, 0.2) is 0 Å². The van der Waals surface area contributed by atoms with Crippen molar-refractivity contribution < 1.29 is 9.47 Å². The number of hydrogen-bond acceptors (Lipinski definition) is 2. The molecule has 0 aromatic rings. The average molecular weight is 258 g/mol. The molecule has 0 N–H and O–H groups in total. The van der Waals surface area contributed by atoms with Gasteiger partial charge < -0.3 is 9.47 Å². The predicted octanol–water partition coefficient (Wildman–Crippen LogP) is 4.67. The van der Waals surface area contributed by atoms with Crippen LogP contribution in [-0.4, -0.2) is 26.4 Å². The highest BCUT2D eigenvalue weighted by Gasteiger charge is 2.34. The molecular formula is C16H34O2. The largest absolute Gasteiger partial charge is 0.381 e. The third-order valence-corrected chi connectivity index (χ3v) is 4.80. The van der Waals surface area contributed by atoms with Gasteiger partial charge in [-0.3, -0.25) is 0 Å². The Morgan fingerprint density at radius 2 is 1.67 bits per heavy atom. The number of rotatable bonds is 10. The van der Waals surface area contributed by atoms with Gasteiger partial charge in [0.1, 0.15) is 0 Å². The first-order valence-electron chi connectivity index (χ1n) is 7.54. The second kappa shape index (κ2) is 8.92. The van der Waals surface area contributed by atoms with Crippen LogP contribution < -0.4 is 0 Å². The Morgan fingerprint density at radius 1 is 1.06 bits per heavy atom. The van der Waals surface area contributed by atoms with Gasteiger partial charge in [-0.15, -0.1) is 0 Å². The molecule has 0 aliphatic carbocycles. The summed E-state index contributed by atoms with van der Waals surface area (Å²) in [7, 11) is 3.67. The van der Waals surface area contributed by atoms with Crippen LogP contribution in [0.3, 0.4) is 0 Å². The fourth-order valence-electron chi connectivity index (χ4n) is 2.85. The fourth-order valence-corrected chi connectivity index (χ4v) is 2.85. The molecule has 0 aliphatic heterocycles. The molecule has 0 radical (unpaired) electrons. The summed E-state index contributed by atoms with van der Waals surface area (Å²) < 4.78 is 11.3. The Labute approximate surface area is 114 Å². The number of methoxy groups -OCH3 is 2. The summed E-state index contributed by atoms with van der Waals surface area (Å²) >= 11 is 0. The van der Waals surface area contributed by atoms with Crippen molar-refractivity contribution in [3.8, 4) is 0 Å². The molecule has 0 heterocycles. The van der Waals surface area contributed by atoms with E-state index in [2.05, 4.69) is 34.6 Å². The van der Waals surface area contributed by atoms with E-state index in [-0.39, 0.29) is 5.41 Å². The molecule has 0 saturated heterocycles. The van der Waals surface area contributed by atoms with Crippen molar-refractivity contribution in [2.45, 2.75) is 78.9 Å². The molecule has 0 bridgehead atoms. The summed E-state index contributed by atoms with van der Waals surface area (Å²) in [6, 6.07) is 0. The third kappa shape index (κ3) is 4.89. The maximum absolute atomic E-state index is 5.71. The van der Waals surface area contributed by atoms with Gasteiger partial charge in [-0.05, 0) is 37.5 Å². The van der Waals surface area contributed by atoms with Gasteiger partial charge in [-0.25, -0.2) is 0 Å². The van der Waals surface area contributed by atoms with E-state index >= 15 is 0 Å². The maximum Gasteiger partial charge on any atom is 0.0599 e. The van der Waals surface area contributed by atoms with Crippen molar-refractivity contribution in [3.63, 3.8) is 0 Å². The summed E-state index contributed by atoms with van der Waals surface area (Å²) in [6.45, 7) is 11.3. The maximum atomic E-state index is 5.71. The van der Waals surface area contributed by atoms with E-state index < -0.39 is 0 Å². The molecule has 110 valence electrons. The molecule has 4 unspecified atom stereocenters. The smallest absolute Gasteiger partial charge is 0.0599 e. The Hall–Kier alpha value is -0.0800. The van der Waals surface area contributed by atoms with Gasteiger partial charge >= 0.3 is 0 Å². The Balaban J connectivity index is 4.75. The average Bonchev–Trinajstić information content (AvgIpc) is 2.41. The van der Waals surface area contributed by atoms with E-state index in [0.29, 0.717) is 18.1 Å². The van der Waals surface area contributed by atoms with Crippen molar-refractivity contribution in [2.75, 3.05) is 14.2 Å². The Morgan fingerprint density at radius 3 is 2.00 bits per heavy atom. The molecule has 0 rings (SSSR count). The van der Waals surface area contributed by atoms with E-state index in [9.17, 15) is 0 Å². The molecule has 4 atom stereocenters. The van der Waals surface area contributed by atoms with E-state index in [1.807, 2.05) is 14.2 Å². The van der Waals surface area contributed by atoms with E-state index in [0.717, 1.165) is 12.8 Å². The second-order valence-corrected chi connectivity index (χ2v) is 5.82. The van der Waals surface area contributed by atoms with Crippen LogP contribution >= 0.6 is 0 Å². The molecule has 0 fully saturated rings. The first kappa shape index (κ1) is 17.9. The topological polar surface area (TPSA) is 18.5 Å². The molecule has 0 aromatic heterocycles. The van der Waals surface area contributed by atoms with Crippen LogP contribution in [0.25, 0.3) is 0 Å². The predicted molar refractivity (Wildman–Crippen MR) is 79.0 cm³/mol. The SMILES string of the molecule is CCCC(OC)C(CC)CC(C)(CC)C(C)OC. The highest BCUT2D eigenvalue weighted by Crippen LogP contribution is 2.38. The second-order valence-electron chi connectivity index (χ2n) is 5.82. The van der Waals surface area contributed by atoms with Crippen LogP contribution in [0.15, 0.2) is 0 Å². The minimum absolute atomic E-state index is 0.250. The van der Waals surface area contributed by atoms with Gasteiger partial charge in [-0.1, -0.05) is 40.5 Å². The van der Waals surface area contributed by atoms with Gasteiger partial charge in [-0.2, -0.15) is 0 Å². The monoisotopic (exact) mass is 258 g/mol. The van der Waals surface area contributed by atoms with Crippen LogP contribution in [0.5, 0.6) is 0 Å². The quantitative estimate of drug-likeness (QED) is 0.567. The van der Waals surface area contributed by atoms with Crippen molar-refractivity contribution in [3.05, 3.63) is 0 Å². The molecule has 2 nitrogen and oxygen atoms in total. The third-order valence-electron chi connectivity index (χ3n) is 4.80. The summed E-state index contributed by atoms with van der Waals surface area (Å²) in [4.78, 5) is 0. The minimum atomic E-state index is 0.250. The first-order valence-corrected chi connectivity index (χ1v) is 7.54. The lowest BCUT2D eigenvalue weighted by Gasteiger charge is -2.39. The van der Waals surface area contributed by atoms with Crippen LogP contribution in [0, 0.1) is 11.3 Å². The van der Waals surface area contributed by atoms with E-state index in [1.54, 1.807) is 0 Å². The molecule has 18 heavy (non-hydrogen) atoms. The molecule has 0 saturated carbocycles. The number of hydrogen-bond donors (Lipinski definition) is 0. The normalized spacial score (nSPS) is 20.2. The molecule has 0 aromatic carbocycles. The molecule has 2 heteroatoms. The van der Waals surface area contributed by atoms with E-state index in [4.69, 9.17) is 9.47 Å². The lowest BCUT2D eigenvalue weighted by atomic mass is 9.72. The van der Waals surface area contributed by atoms with Gasteiger partial charge in [0, 0.05) is 14.2 Å². The summed E-state index contributed by atoms with van der Waals surface area (Å²) in [5.74, 6) is 0.637. The minimum Gasteiger partial charge on any atom is -0.381 e. The standard InChI is InChI=1S/C16H34O2/c1-8-11-15(18-7)14(9-2)12-16(5,10-3)13(4)17-6/h13-15H,8-12H2,1-7H3. The van der Waals surface area contributed by atoms with Crippen molar-refractivity contribution in [1.29, 1.82) is 0 Å². The summed E-state index contributed by atoms with van der Waals surface area (Å²) in [6.07, 6.45) is 6.58. The Kier molecular flexibility index (Phi) is 8.89. The van der Waals surface area contributed by atoms with E-state index in [1.165, 1.54) is 19.3 Å². The van der Waals surface area contributed by atoms with Gasteiger partial charge in [0.2, 0.25) is 0 Å². The highest BCUT2D eigenvalue weighted by molar-refractivity contribution is 4.84. The molecule has 0 amide bonds. The van der Waals surface area contributed by atoms with Crippen LogP contribution in [0.1, 0.15) is 66.7 Å². The first-order chi connectivity index (χ1) is 8.48. The van der Waals surface area contributed by atoms with Crippen LogP contribution in [-0.2, 0) is 9.47 Å². The van der Waals surface area contributed by atoms with Crippen molar-refractivity contribution >= 4 is 0 Å². The van der Waals surface area contributed by atoms with Crippen LogP contribution in [0.2, 0.25) is 0 Å². The molecule has 0 aliphatic rings. The summed E-state index contributed by atoms with van der Waals surface area (Å²) in [5, 5.41) is 0.